The smallest absolute Gasteiger partial charge is 0.222 e. The summed E-state index contributed by atoms with van der Waals surface area (Å²) in [6.45, 7) is 7.00. The van der Waals surface area contributed by atoms with Crippen molar-refractivity contribution >= 4 is 33.7 Å². The molecule has 2 aromatic carbocycles. The van der Waals surface area contributed by atoms with Crippen LogP contribution in [0.3, 0.4) is 0 Å². The number of nitrogen functional groups attached to an aromatic ring is 1. The van der Waals surface area contributed by atoms with E-state index in [1.54, 1.807) is 14.0 Å². The Hall–Kier alpha value is -3.44. The van der Waals surface area contributed by atoms with Crippen LogP contribution in [0.2, 0.25) is 0 Å². The van der Waals surface area contributed by atoms with Gasteiger partial charge in [-0.05, 0) is 37.1 Å². The van der Waals surface area contributed by atoms with E-state index in [-0.39, 0.29) is 18.6 Å². The molecule has 0 amide bonds. The van der Waals surface area contributed by atoms with Crippen LogP contribution in [-0.4, -0.2) is 70.4 Å². The summed E-state index contributed by atoms with van der Waals surface area (Å²) in [6.07, 6.45) is 1.64. The molecule has 0 radical (unpaired) electrons. The number of hydrogen-bond acceptors (Lipinski definition) is 9. The van der Waals surface area contributed by atoms with Crippen molar-refractivity contribution in [3.05, 3.63) is 53.6 Å². The minimum atomic E-state index is -0.480. The van der Waals surface area contributed by atoms with Crippen LogP contribution in [0.1, 0.15) is 37.8 Å². The molecule has 5 rings (SSSR count). The fraction of sp³-hybridized carbons (Fsp3) is 0.448. The number of methoxy groups -OCH3 is 1. The van der Waals surface area contributed by atoms with Crippen LogP contribution in [0.5, 0.6) is 5.75 Å². The number of nitrogens with one attached hydrogen (secondary N) is 2. The van der Waals surface area contributed by atoms with E-state index in [1.165, 1.54) is 0 Å². The molecule has 10 nitrogen and oxygen atoms in total. The Morgan fingerprint density at radius 3 is 2.67 bits per heavy atom. The lowest BCUT2D eigenvalue weighted by Crippen LogP contribution is -2.38. The maximum Gasteiger partial charge on any atom is 0.222 e. The van der Waals surface area contributed by atoms with Gasteiger partial charge in [-0.2, -0.15) is 4.98 Å². The second-order valence-corrected chi connectivity index (χ2v) is 9.57. The lowest BCUT2D eigenvalue weighted by molar-refractivity contribution is 0.122. The highest BCUT2D eigenvalue weighted by atomic mass is 16.5. The number of rotatable bonds is 10. The predicted octanol–water partition coefficient (Wildman–Crippen LogP) is 3.28. The molecule has 0 saturated carbocycles. The molecule has 10 heteroatoms. The Balaban J connectivity index is 0.00000112. The largest absolute Gasteiger partial charge is 0.496 e. The highest BCUT2D eigenvalue weighted by molar-refractivity contribution is 6.09. The molecule has 3 heterocycles. The van der Waals surface area contributed by atoms with Gasteiger partial charge in [0.2, 0.25) is 5.95 Å². The average Bonchev–Trinajstić information content (AvgIpc) is 3.49. The van der Waals surface area contributed by atoms with Gasteiger partial charge in [-0.25, -0.2) is 4.98 Å². The van der Waals surface area contributed by atoms with E-state index in [4.69, 9.17) is 20.3 Å². The zero-order chi connectivity index (χ0) is 27.8. The molecular weight excluding hydrogens is 496 g/mol. The Bertz CT molecular complexity index is 1380. The maximum atomic E-state index is 10.1. The highest BCUT2D eigenvalue weighted by Crippen LogP contribution is 2.34. The fourth-order valence-electron chi connectivity index (χ4n) is 4.84. The van der Waals surface area contributed by atoms with E-state index in [1.807, 2.05) is 24.3 Å². The van der Waals surface area contributed by atoms with Gasteiger partial charge in [-0.3, -0.25) is 0 Å². The van der Waals surface area contributed by atoms with Gasteiger partial charge in [0.1, 0.15) is 16.8 Å². The molecule has 0 aliphatic carbocycles. The predicted molar refractivity (Wildman–Crippen MR) is 155 cm³/mol. The summed E-state index contributed by atoms with van der Waals surface area (Å²) < 4.78 is 13.3. The van der Waals surface area contributed by atoms with Crippen molar-refractivity contribution in [2.24, 2.45) is 0 Å². The molecule has 6 N–H and O–H groups in total. The summed E-state index contributed by atoms with van der Waals surface area (Å²) in [5, 5.41) is 25.6. The highest BCUT2D eigenvalue weighted by Gasteiger charge is 2.25. The quantitative estimate of drug-likeness (QED) is 0.193. The molecule has 39 heavy (non-hydrogen) atoms. The van der Waals surface area contributed by atoms with Gasteiger partial charge < -0.3 is 40.6 Å². The van der Waals surface area contributed by atoms with E-state index in [2.05, 4.69) is 50.3 Å². The average molecular weight is 537 g/mol. The number of anilines is 2. The number of aliphatic hydroxyl groups excluding tert-OH is 2. The van der Waals surface area contributed by atoms with Gasteiger partial charge in [0.15, 0.2) is 5.82 Å². The van der Waals surface area contributed by atoms with Gasteiger partial charge in [0.05, 0.1) is 44.5 Å². The van der Waals surface area contributed by atoms with Gasteiger partial charge >= 0.3 is 0 Å². The Morgan fingerprint density at radius 1 is 1.15 bits per heavy atom. The standard InChI is InChI=1S/C27H34N6O3.C2H6O/c1-3-4-11-29-26-25-24(31-27(28)32-26)19-7-5-6-8-21(19)33(25)14-18-12-17(9-10-23(18)35-2)13-30-20-15-36-16-22(20)34;1-2-3/h5-10,12,20,22,30,34H,3-4,11,13-16H2,1-2H3,(H3,28,29,31,32);3H,2H2,1H3. The normalized spacial score (nSPS) is 16.8. The van der Waals surface area contributed by atoms with E-state index in [0.717, 1.165) is 64.0 Å². The molecule has 210 valence electrons. The third-order valence-corrected chi connectivity index (χ3v) is 6.74. The number of para-hydroxylation sites is 1. The number of ether oxygens (including phenoxy) is 2. The van der Waals surface area contributed by atoms with Crippen molar-refractivity contribution in [3.8, 4) is 5.75 Å². The number of fused-ring (bicyclic) bond motifs is 3. The van der Waals surface area contributed by atoms with Crippen molar-refractivity contribution in [1.29, 1.82) is 0 Å². The number of aromatic nitrogens is 3. The van der Waals surface area contributed by atoms with Crippen LogP contribution < -0.4 is 21.1 Å². The van der Waals surface area contributed by atoms with Crippen molar-refractivity contribution in [2.45, 2.75) is 51.9 Å². The second-order valence-electron chi connectivity index (χ2n) is 9.57. The first-order chi connectivity index (χ1) is 19.0. The number of hydrogen-bond donors (Lipinski definition) is 5. The SMILES string of the molecule is CCCCNc1nc(N)nc2c3ccccc3n(Cc3cc(CNC4COCC4O)ccc3OC)c12.CCO. The zero-order valence-electron chi connectivity index (χ0n) is 23.0. The van der Waals surface area contributed by atoms with Crippen LogP contribution >= 0.6 is 0 Å². The zero-order valence-corrected chi connectivity index (χ0v) is 23.0. The minimum absolute atomic E-state index is 0.0627. The molecule has 4 aromatic rings. The first kappa shape index (κ1) is 28.6. The first-order valence-corrected chi connectivity index (χ1v) is 13.5. The monoisotopic (exact) mass is 536 g/mol. The molecular formula is C29H40N6O4. The lowest BCUT2D eigenvalue weighted by atomic mass is 10.1. The molecule has 2 atom stereocenters. The summed E-state index contributed by atoms with van der Waals surface area (Å²) >= 11 is 0. The molecule has 0 spiro atoms. The third-order valence-electron chi connectivity index (χ3n) is 6.74. The molecule has 2 unspecified atom stereocenters. The second kappa shape index (κ2) is 13.6. The summed E-state index contributed by atoms with van der Waals surface area (Å²) in [7, 11) is 1.69. The number of nitrogens with two attached hydrogens (primary N) is 1. The van der Waals surface area contributed by atoms with E-state index in [9.17, 15) is 5.11 Å². The Morgan fingerprint density at radius 2 is 1.95 bits per heavy atom. The van der Waals surface area contributed by atoms with Crippen LogP contribution in [-0.2, 0) is 17.8 Å². The van der Waals surface area contributed by atoms with Gasteiger partial charge in [-0.1, -0.05) is 37.6 Å². The van der Waals surface area contributed by atoms with Crippen molar-refractivity contribution < 1.29 is 19.7 Å². The van der Waals surface area contributed by atoms with Crippen LogP contribution in [0.15, 0.2) is 42.5 Å². The summed E-state index contributed by atoms with van der Waals surface area (Å²) in [5.41, 5.74) is 11.1. The lowest BCUT2D eigenvalue weighted by Gasteiger charge is -2.17. The van der Waals surface area contributed by atoms with E-state index >= 15 is 0 Å². The number of benzene rings is 2. The molecule has 0 bridgehead atoms. The van der Waals surface area contributed by atoms with Crippen LogP contribution in [0.25, 0.3) is 21.9 Å². The molecule has 1 saturated heterocycles. The van der Waals surface area contributed by atoms with Gasteiger partial charge in [0, 0.05) is 30.6 Å². The van der Waals surface area contributed by atoms with Crippen molar-refractivity contribution in [1.82, 2.24) is 19.9 Å². The van der Waals surface area contributed by atoms with E-state index < -0.39 is 6.10 Å². The van der Waals surface area contributed by atoms with E-state index in [0.29, 0.717) is 26.3 Å². The van der Waals surface area contributed by atoms with Gasteiger partial charge in [0.25, 0.3) is 0 Å². The minimum Gasteiger partial charge on any atom is -0.496 e. The van der Waals surface area contributed by atoms with Crippen molar-refractivity contribution in [2.75, 3.05) is 44.5 Å². The summed E-state index contributed by atoms with van der Waals surface area (Å²) in [6, 6.07) is 14.4. The summed E-state index contributed by atoms with van der Waals surface area (Å²) in [4.78, 5) is 9.19. The maximum absolute atomic E-state index is 10.1. The summed E-state index contributed by atoms with van der Waals surface area (Å²) in [5.74, 6) is 1.81. The molecule has 1 aliphatic heterocycles. The topological polar surface area (TPSA) is 140 Å². The van der Waals surface area contributed by atoms with Crippen LogP contribution in [0, 0.1) is 0 Å². The molecule has 1 fully saturated rings. The Kier molecular flexibility index (Phi) is 9.94. The number of aliphatic hydroxyl groups is 2. The first-order valence-electron chi connectivity index (χ1n) is 13.5. The molecule has 1 aliphatic rings. The van der Waals surface area contributed by atoms with Gasteiger partial charge in [-0.15, -0.1) is 0 Å². The van der Waals surface area contributed by atoms with Crippen molar-refractivity contribution in [3.63, 3.8) is 0 Å². The van der Waals surface area contributed by atoms with Crippen LogP contribution in [0.4, 0.5) is 11.8 Å². The third kappa shape index (κ3) is 6.59. The Labute approximate surface area is 229 Å². The molecule has 2 aromatic heterocycles. The number of unbranched alkanes of at least 4 members (excludes halogenated alkanes) is 1. The number of nitrogens with zero attached hydrogens (tertiary/aromatic N) is 3. The fourth-order valence-corrected chi connectivity index (χ4v) is 4.84.